The van der Waals surface area contributed by atoms with Crippen molar-refractivity contribution in [3.05, 3.63) is 0 Å². The molecule has 0 aliphatic heterocycles. The molecule has 0 aromatic rings. The molecule has 1 nitrogen and oxygen atoms in total. The molecule has 0 amide bonds. The van der Waals surface area contributed by atoms with Crippen molar-refractivity contribution in [1.82, 2.24) is 0 Å². The third-order valence-electron chi connectivity index (χ3n) is 4.76. The van der Waals surface area contributed by atoms with Crippen molar-refractivity contribution < 1.29 is 18.3 Å². The highest BCUT2D eigenvalue weighted by Gasteiger charge is 2.56. The summed E-state index contributed by atoms with van der Waals surface area (Å²) in [6.45, 7) is 6.90. The Labute approximate surface area is 101 Å². The summed E-state index contributed by atoms with van der Waals surface area (Å²) in [7, 11) is -1.25. The van der Waals surface area contributed by atoms with E-state index < -0.39 is 26.3 Å². The summed E-state index contributed by atoms with van der Waals surface area (Å²) in [5.41, 5.74) is 0.657. The summed E-state index contributed by atoms with van der Waals surface area (Å²) < 4.78 is 37.5. The molecular formula is C12H21F3OSi. The summed E-state index contributed by atoms with van der Waals surface area (Å²) in [4.78, 5) is 0. The zero-order chi connectivity index (χ0) is 13.0. The second kappa shape index (κ2) is 3.98. The van der Waals surface area contributed by atoms with Gasteiger partial charge in [-0.2, -0.15) is 13.2 Å². The maximum atomic E-state index is 12.5. The van der Waals surface area contributed by atoms with Crippen LogP contribution in [0.25, 0.3) is 0 Å². The standard InChI is InChI=1S/C12H21F3OSi/c1-17(2,3)10-6-7-4-8(10)5-9(7)11(16)12(13,14)15/h7-11,16H,4-6H2,1-3H3. The minimum atomic E-state index is -4.44. The fraction of sp³-hybridized carbons (Fsp3) is 1.00. The van der Waals surface area contributed by atoms with Gasteiger partial charge in [-0.15, -0.1) is 0 Å². The molecule has 1 N–H and O–H groups in total. The van der Waals surface area contributed by atoms with Crippen molar-refractivity contribution in [3.63, 3.8) is 0 Å². The number of alkyl halides is 3. The van der Waals surface area contributed by atoms with Crippen LogP contribution in [0.2, 0.25) is 25.2 Å². The zero-order valence-electron chi connectivity index (χ0n) is 10.6. The van der Waals surface area contributed by atoms with E-state index in [2.05, 4.69) is 19.6 Å². The lowest BCUT2D eigenvalue weighted by molar-refractivity contribution is -0.224. The summed E-state index contributed by atoms with van der Waals surface area (Å²) in [5, 5.41) is 9.38. The van der Waals surface area contributed by atoms with Gasteiger partial charge in [0, 0.05) is 8.07 Å². The van der Waals surface area contributed by atoms with Gasteiger partial charge in [-0.1, -0.05) is 19.6 Å². The minimum absolute atomic E-state index is 0.105. The third-order valence-corrected chi connectivity index (χ3v) is 7.70. The molecule has 2 aliphatic carbocycles. The smallest absolute Gasteiger partial charge is 0.383 e. The lowest BCUT2D eigenvalue weighted by atomic mass is 9.84. The van der Waals surface area contributed by atoms with E-state index in [1.807, 2.05) is 0 Å². The van der Waals surface area contributed by atoms with Gasteiger partial charge in [0.1, 0.15) is 0 Å². The van der Waals surface area contributed by atoms with Crippen LogP contribution in [0.15, 0.2) is 0 Å². The summed E-state index contributed by atoms with van der Waals surface area (Å²) in [6, 6.07) is 0. The number of halogens is 3. The molecule has 17 heavy (non-hydrogen) atoms. The second-order valence-corrected chi connectivity index (χ2v) is 12.3. The Morgan fingerprint density at radius 2 is 1.65 bits per heavy atom. The van der Waals surface area contributed by atoms with Gasteiger partial charge in [0.15, 0.2) is 6.10 Å². The molecule has 0 aromatic heterocycles. The molecule has 5 unspecified atom stereocenters. The zero-order valence-corrected chi connectivity index (χ0v) is 11.6. The fourth-order valence-corrected chi connectivity index (χ4v) is 6.71. The summed E-state index contributed by atoms with van der Waals surface area (Å²) in [6.07, 6.45) is -4.13. The Bertz CT molecular complexity index is 297. The molecule has 2 bridgehead atoms. The molecule has 0 spiro atoms. The van der Waals surface area contributed by atoms with E-state index in [-0.39, 0.29) is 5.92 Å². The Hall–Kier alpha value is -0.0331. The van der Waals surface area contributed by atoms with Crippen molar-refractivity contribution in [2.75, 3.05) is 0 Å². The third kappa shape index (κ3) is 2.41. The van der Waals surface area contributed by atoms with Crippen LogP contribution < -0.4 is 0 Å². The largest absolute Gasteiger partial charge is 0.414 e. The predicted octanol–water partition coefficient (Wildman–Crippen LogP) is 3.66. The lowest BCUT2D eigenvalue weighted by Crippen LogP contribution is -2.41. The first-order valence-electron chi connectivity index (χ1n) is 6.35. The topological polar surface area (TPSA) is 20.2 Å². The van der Waals surface area contributed by atoms with Crippen molar-refractivity contribution in [2.24, 2.45) is 17.8 Å². The molecule has 100 valence electrons. The van der Waals surface area contributed by atoms with Crippen LogP contribution in [0.1, 0.15) is 19.3 Å². The van der Waals surface area contributed by atoms with Crippen LogP contribution in [-0.2, 0) is 0 Å². The van der Waals surface area contributed by atoms with Crippen LogP contribution in [0, 0.1) is 17.8 Å². The van der Waals surface area contributed by atoms with Gasteiger partial charge in [0.05, 0.1) is 0 Å². The van der Waals surface area contributed by atoms with Crippen LogP contribution in [0.5, 0.6) is 0 Å². The Balaban J connectivity index is 2.04. The van der Waals surface area contributed by atoms with E-state index in [1.165, 1.54) is 0 Å². The quantitative estimate of drug-likeness (QED) is 0.756. The van der Waals surface area contributed by atoms with Crippen molar-refractivity contribution >= 4 is 8.07 Å². The second-order valence-electron chi connectivity index (χ2n) is 6.85. The predicted molar refractivity (Wildman–Crippen MR) is 63.5 cm³/mol. The monoisotopic (exact) mass is 266 g/mol. The van der Waals surface area contributed by atoms with E-state index in [4.69, 9.17) is 0 Å². The molecule has 0 heterocycles. The normalized spacial score (nSPS) is 39.7. The first kappa shape index (κ1) is 13.4. The lowest BCUT2D eigenvalue weighted by Gasteiger charge is -2.37. The molecule has 2 fully saturated rings. The van der Waals surface area contributed by atoms with Crippen molar-refractivity contribution in [3.8, 4) is 0 Å². The van der Waals surface area contributed by atoms with Gasteiger partial charge in [-0.25, -0.2) is 0 Å². The molecule has 5 atom stereocenters. The van der Waals surface area contributed by atoms with Gasteiger partial charge >= 0.3 is 6.18 Å². The number of aliphatic hydroxyl groups excluding tert-OH is 1. The SMILES string of the molecule is C[Si](C)(C)C1CC2CC1CC2C(O)C(F)(F)F. The van der Waals surface area contributed by atoms with Gasteiger partial charge in [0.25, 0.3) is 0 Å². The molecule has 0 radical (unpaired) electrons. The molecule has 0 aromatic carbocycles. The molecule has 2 saturated carbocycles. The van der Waals surface area contributed by atoms with E-state index in [0.29, 0.717) is 17.9 Å². The Morgan fingerprint density at radius 1 is 1.06 bits per heavy atom. The molecular weight excluding hydrogens is 245 g/mol. The highest BCUT2D eigenvalue weighted by Crippen LogP contribution is 2.59. The first-order valence-corrected chi connectivity index (χ1v) is 9.93. The van der Waals surface area contributed by atoms with E-state index in [0.717, 1.165) is 12.8 Å². The first-order chi connectivity index (χ1) is 7.60. The minimum Gasteiger partial charge on any atom is -0.383 e. The van der Waals surface area contributed by atoms with Crippen LogP contribution in [0.4, 0.5) is 13.2 Å². The van der Waals surface area contributed by atoms with Crippen molar-refractivity contribution in [1.29, 1.82) is 0 Å². The molecule has 2 rings (SSSR count). The van der Waals surface area contributed by atoms with Crippen molar-refractivity contribution in [2.45, 2.75) is 56.7 Å². The Morgan fingerprint density at radius 3 is 2.00 bits per heavy atom. The molecule has 2 aliphatic rings. The number of fused-ring (bicyclic) bond motifs is 2. The molecule has 5 heteroatoms. The average molecular weight is 266 g/mol. The average Bonchev–Trinajstić information content (AvgIpc) is 2.71. The van der Waals surface area contributed by atoms with Crippen LogP contribution in [0.3, 0.4) is 0 Å². The van der Waals surface area contributed by atoms with Gasteiger partial charge in [-0.05, 0) is 42.6 Å². The number of hydrogen-bond acceptors (Lipinski definition) is 1. The molecule has 0 saturated heterocycles. The maximum Gasteiger partial charge on any atom is 0.414 e. The van der Waals surface area contributed by atoms with Gasteiger partial charge in [0.2, 0.25) is 0 Å². The Kier molecular flexibility index (Phi) is 3.14. The van der Waals surface area contributed by atoms with Crippen LogP contribution in [-0.4, -0.2) is 25.5 Å². The highest BCUT2D eigenvalue weighted by molar-refractivity contribution is 6.77. The van der Waals surface area contributed by atoms with Gasteiger partial charge in [-0.3, -0.25) is 0 Å². The number of hydrogen-bond donors (Lipinski definition) is 1. The van der Waals surface area contributed by atoms with E-state index >= 15 is 0 Å². The van der Waals surface area contributed by atoms with Crippen LogP contribution >= 0.6 is 0 Å². The number of aliphatic hydroxyl groups is 1. The maximum absolute atomic E-state index is 12.5. The van der Waals surface area contributed by atoms with Gasteiger partial charge < -0.3 is 5.11 Å². The van der Waals surface area contributed by atoms with E-state index in [9.17, 15) is 18.3 Å². The summed E-state index contributed by atoms with van der Waals surface area (Å²) >= 11 is 0. The highest BCUT2D eigenvalue weighted by atomic mass is 28.3. The number of rotatable bonds is 2. The summed E-state index contributed by atoms with van der Waals surface area (Å²) in [5.74, 6) is 0.00890. The fourth-order valence-electron chi connectivity index (χ4n) is 4.01. The van der Waals surface area contributed by atoms with E-state index in [1.54, 1.807) is 0 Å².